The highest BCUT2D eigenvalue weighted by molar-refractivity contribution is 6.35. The third-order valence-electron chi connectivity index (χ3n) is 4.68. The second kappa shape index (κ2) is 7.83. The van der Waals surface area contributed by atoms with E-state index in [0.717, 1.165) is 4.57 Å². The number of imidazole rings is 1. The van der Waals surface area contributed by atoms with Crippen LogP contribution in [0.4, 0.5) is 0 Å². The van der Waals surface area contributed by atoms with Crippen LogP contribution in [0.15, 0.2) is 52.1 Å². The lowest BCUT2D eigenvalue weighted by atomic mass is 10.2. The van der Waals surface area contributed by atoms with Crippen molar-refractivity contribution in [2.24, 2.45) is 14.1 Å². The molecule has 7 nitrogen and oxygen atoms in total. The van der Waals surface area contributed by atoms with Crippen LogP contribution in [-0.4, -0.2) is 18.7 Å². The molecule has 154 valence electrons. The Balaban J connectivity index is 1.95. The molecule has 0 N–H and O–H groups in total. The molecule has 0 amide bonds. The van der Waals surface area contributed by atoms with Crippen LogP contribution in [0.1, 0.15) is 5.56 Å². The van der Waals surface area contributed by atoms with Crippen molar-refractivity contribution >= 4 is 46.0 Å². The summed E-state index contributed by atoms with van der Waals surface area (Å²) < 4.78 is 9.84. The second-order valence-electron chi connectivity index (χ2n) is 6.65. The van der Waals surface area contributed by atoms with Crippen molar-refractivity contribution < 1.29 is 4.74 Å². The van der Waals surface area contributed by atoms with E-state index in [1.54, 1.807) is 54.1 Å². The van der Waals surface area contributed by atoms with Crippen molar-refractivity contribution in [1.29, 1.82) is 0 Å². The zero-order valence-corrected chi connectivity index (χ0v) is 18.2. The van der Waals surface area contributed by atoms with Gasteiger partial charge in [0, 0.05) is 29.2 Å². The van der Waals surface area contributed by atoms with E-state index < -0.39 is 11.2 Å². The Labute approximate surface area is 185 Å². The maximum atomic E-state index is 12.9. The summed E-state index contributed by atoms with van der Waals surface area (Å²) in [5.74, 6) is 0.472. The van der Waals surface area contributed by atoms with Crippen LogP contribution in [-0.2, 0) is 20.6 Å². The number of hydrogen-bond acceptors (Lipinski definition) is 4. The van der Waals surface area contributed by atoms with Crippen LogP contribution >= 0.6 is 34.8 Å². The number of ether oxygens (including phenoxy) is 1. The SMILES string of the molecule is Cn1c(=O)c2c(nc(Oc3ccc(Cl)cc3)n2Cc2ccc(Cl)cc2Cl)n(C)c1=O. The van der Waals surface area contributed by atoms with Crippen molar-refractivity contribution in [2.75, 3.05) is 0 Å². The van der Waals surface area contributed by atoms with E-state index >= 15 is 0 Å². The normalized spacial score (nSPS) is 11.2. The van der Waals surface area contributed by atoms with Crippen molar-refractivity contribution in [1.82, 2.24) is 18.7 Å². The molecular weight excluding hydrogens is 451 g/mol. The van der Waals surface area contributed by atoms with E-state index in [-0.39, 0.29) is 23.7 Å². The largest absolute Gasteiger partial charge is 0.425 e. The molecular formula is C20H15Cl3N4O3. The molecule has 30 heavy (non-hydrogen) atoms. The number of rotatable bonds is 4. The van der Waals surface area contributed by atoms with Crippen LogP contribution in [0.5, 0.6) is 11.8 Å². The van der Waals surface area contributed by atoms with Crippen LogP contribution in [0.3, 0.4) is 0 Å². The van der Waals surface area contributed by atoms with Crippen LogP contribution in [0, 0.1) is 0 Å². The molecule has 2 aromatic heterocycles. The van der Waals surface area contributed by atoms with Gasteiger partial charge in [-0.05, 0) is 42.0 Å². The van der Waals surface area contributed by atoms with Crippen LogP contribution in [0.2, 0.25) is 15.1 Å². The van der Waals surface area contributed by atoms with E-state index in [2.05, 4.69) is 4.98 Å². The van der Waals surface area contributed by atoms with Gasteiger partial charge in [-0.25, -0.2) is 4.79 Å². The molecule has 0 unspecified atom stereocenters. The summed E-state index contributed by atoms with van der Waals surface area (Å²) in [4.78, 5) is 29.7. The van der Waals surface area contributed by atoms with Gasteiger partial charge in [0.2, 0.25) is 0 Å². The first-order valence-corrected chi connectivity index (χ1v) is 9.93. The van der Waals surface area contributed by atoms with Gasteiger partial charge in [-0.1, -0.05) is 40.9 Å². The lowest BCUT2D eigenvalue weighted by Crippen LogP contribution is -2.37. The van der Waals surface area contributed by atoms with E-state index in [0.29, 0.717) is 26.4 Å². The highest BCUT2D eigenvalue weighted by Crippen LogP contribution is 2.28. The third-order valence-corrected chi connectivity index (χ3v) is 5.52. The fourth-order valence-electron chi connectivity index (χ4n) is 3.08. The van der Waals surface area contributed by atoms with Crippen molar-refractivity contribution in [3.8, 4) is 11.8 Å². The molecule has 0 saturated heterocycles. The number of nitrogens with zero attached hydrogens (tertiary/aromatic N) is 4. The Hall–Kier alpha value is -2.74. The Morgan fingerprint density at radius 1 is 0.933 bits per heavy atom. The van der Waals surface area contributed by atoms with E-state index in [1.165, 1.54) is 11.6 Å². The standard InChI is InChI=1S/C20H15Cl3N4O3/c1-25-17-16(18(28)26(2)20(25)29)27(10-11-3-4-13(22)9-15(11)23)19(24-17)30-14-7-5-12(21)6-8-14/h3-9H,10H2,1-2H3. The third kappa shape index (κ3) is 3.60. The maximum Gasteiger partial charge on any atom is 0.332 e. The molecule has 0 atom stereocenters. The highest BCUT2D eigenvalue weighted by Gasteiger charge is 2.21. The predicted molar refractivity (Wildman–Crippen MR) is 117 cm³/mol. The minimum Gasteiger partial charge on any atom is -0.425 e. The molecule has 4 aromatic rings. The molecule has 2 aromatic carbocycles. The number of aryl methyl sites for hydroxylation is 1. The van der Waals surface area contributed by atoms with E-state index in [1.807, 2.05) is 0 Å². The quantitative estimate of drug-likeness (QED) is 0.452. The van der Waals surface area contributed by atoms with E-state index in [9.17, 15) is 9.59 Å². The average Bonchev–Trinajstić information content (AvgIpc) is 3.06. The first-order valence-electron chi connectivity index (χ1n) is 8.80. The molecule has 0 spiro atoms. The molecule has 0 aliphatic rings. The molecule has 4 rings (SSSR count). The van der Waals surface area contributed by atoms with Gasteiger partial charge in [0.05, 0.1) is 6.54 Å². The Morgan fingerprint density at radius 2 is 1.60 bits per heavy atom. The smallest absolute Gasteiger partial charge is 0.332 e. The van der Waals surface area contributed by atoms with Crippen molar-refractivity contribution in [3.63, 3.8) is 0 Å². The van der Waals surface area contributed by atoms with Crippen LogP contribution < -0.4 is 16.0 Å². The Morgan fingerprint density at radius 3 is 2.27 bits per heavy atom. The Kier molecular flexibility index (Phi) is 5.36. The van der Waals surface area contributed by atoms with Crippen molar-refractivity contribution in [3.05, 3.63) is 83.9 Å². The minimum absolute atomic E-state index is 0.136. The fraction of sp³-hybridized carbons (Fsp3) is 0.150. The predicted octanol–water partition coefficient (Wildman–Crippen LogP) is 4.23. The molecule has 0 radical (unpaired) electrons. The molecule has 0 aliphatic heterocycles. The second-order valence-corrected chi connectivity index (χ2v) is 7.93. The van der Waals surface area contributed by atoms with Gasteiger partial charge in [0.15, 0.2) is 11.2 Å². The topological polar surface area (TPSA) is 71.1 Å². The molecule has 0 fully saturated rings. The summed E-state index contributed by atoms with van der Waals surface area (Å²) in [7, 11) is 2.96. The summed E-state index contributed by atoms with van der Waals surface area (Å²) in [6.45, 7) is 0.183. The summed E-state index contributed by atoms with van der Waals surface area (Å²) in [5.41, 5.74) is 0.153. The molecule has 0 bridgehead atoms. The average molecular weight is 466 g/mol. The van der Waals surface area contributed by atoms with Gasteiger partial charge in [-0.2, -0.15) is 4.98 Å². The maximum absolute atomic E-state index is 12.9. The van der Waals surface area contributed by atoms with Gasteiger partial charge in [-0.15, -0.1) is 0 Å². The van der Waals surface area contributed by atoms with Gasteiger partial charge < -0.3 is 4.74 Å². The number of hydrogen-bond donors (Lipinski definition) is 0. The lowest BCUT2D eigenvalue weighted by Gasteiger charge is -2.11. The van der Waals surface area contributed by atoms with Gasteiger partial charge in [0.1, 0.15) is 5.75 Å². The van der Waals surface area contributed by atoms with E-state index in [4.69, 9.17) is 39.5 Å². The first kappa shape index (κ1) is 20.5. The van der Waals surface area contributed by atoms with Gasteiger partial charge >= 0.3 is 11.7 Å². The molecule has 10 heteroatoms. The summed E-state index contributed by atoms with van der Waals surface area (Å²) >= 11 is 18.3. The Bertz CT molecular complexity index is 1390. The monoisotopic (exact) mass is 464 g/mol. The molecule has 2 heterocycles. The van der Waals surface area contributed by atoms with Crippen molar-refractivity contribution in [2.45, 2.75) is 6.54 Å². The fourth-order valence-corrected chi connectivity index (χ4v) is 3.67. The molecule has 0 saturated carbocycles. The zero-order chi connectivity index (χ0) is 21.6. The van der Waals surface area contributed by atoms with Crippen LogP contribution in [0.25, 0.3) is 11.2 Å². The minimum atomic E-state index is -0.489. The molecule has 0 aliphatic carbocycles. The lowest BCUT2D eigenvalue weighted by molar-refractivity contribution is 0.421. The number of halogens is 3. The highest BCUT2D eigenvalue weighted by atomic mass is 35.5. The first-order chi connectivity index (χ1) is 14.3. The van der Waals surface area contributed by atoms with Gasteiger partial charge in [0.25, 0.3) is 5.56 Å². The number of fused-ring (bicyclic) bond motifs is 1. The summed E-state index contributed by atoms with van der Waals surface area (Å²) in [6.07, 6.45) is 0. The van der Waals surface area contributed by atoms with Gasteiger partial charge in [-0.3, -0.25) is 18.5 Å². The zero-order valence-electron chi connectivity index (χ0n) is 15.9. The summed E-state index contributed by atoms with van der Waals surface area (Å²) in [6, 6.07) is 11.9. The summed E-state index contributed by atoms with van der Waals surface area (Å²) in [5, 5.41) is 1.48. The number of aromatic nitrogens is 4. The number of benzene rings is 2.